The zero-order valence-corrected chi connectivity index (χ0v) is 18.4. The Labute approximate surface area is 189 Å². The van der Waals surface area contributed by atoms with Crippen molar-refractivity contribution in [2.75, 3.05) is 5.32 Å². The van der Waals surface area contributed by atoms with Gasteiger partial charge in [-0.2, -0.15) is 0 Å². The number of nitrogens with zero attached hydrogens (tertiary/aromatic N) is 1. The highest BCUT2D eigenvalue weighted by Crippen LogP contribution is 2.23. The Bertz CT molecular complexity index is 1300. The Balaban J connectivity index is 2.02. The van der Waals surface area contributed by atoms with Crippen molar-refractivity contribution in [3.05, 3.63) is 101 Å². The van der Waals surface area contributed by atoms with Crippen LogP contribution in [0.1, 0.15) is 21.6 Å². The molecule has 5 N–H and O–H groups in total. The van der Waals surface area contributed by atoms with E-state index in [1.165, 1.54) is 23.6 Å². The van der Waals surface area contributed by atoms with Crippen molar-refractivity contribution in [2.24, 2.45) is 5.14 Å². The summed E-state index contributed by atoms with van der Waals surface area (Å²) in [5, 5.41) is 27.9. The van der Waals surface area contributed by atoms with E-state index < -0.39 is 16.0 Å². The molecule has 0 spiro atoms. The first kappa shape index (κ1) is 23.1. The topological polar surface area (TPSA) is 146 Å². The van der Waals surface area contributed by atoms with E-state index >= 15 is 0 Å². The third kappa shape index (κ3) is 5.55. The fourth-order valence-electron chi connectivity index (χ4n) is 2.89. The first-order valence-corrected chi connectivity index (χ1v) is 11.7. The maximum absolute atomic E-state index is 11.5. The smallest absolute Gasteiger partial charge is 0.355 e. The van der Waals surface area contributed by atoms with Gasteiger partial charge in [0.25, 0.3) is 0 Å². The summed E-state index contributed by atoms with van der Waals surface area (Å²) in [6.45, 7) is 3.83. The molecule has 0 aliphatic rings. The van der Waals surface area contributed by atoms with Gasteiger partial charge in [-0.05, 0) is 29.3 Å². The zero-order valence-electron chi connectivity index (χ0n) is 16.8. The van der Waals surface area contributed by atoms with Crippen LogP contribution in [0.4, 0.5) is 5.13 Å². The summed E-state index contributed by atoms with van der Waals surface area (Å²) in [4.78, 5) is 15.2. The predicted molar refractivity (Wildman–Crippen MR) is 125 cm³/mol. The molecule has 0 saturated carbocycles. The lowest BCUT2D eigenvalue weighted by atomic mass is 9.94. The van der Waals surface area contributed by atoms with E-state index in [9.17, 15) is 13.2 Å². The Morgan fingerprint density at radius 2 is 1.84 bits per heavy atom. The van der Waals surface area contributed by atoms with Gasteiger partial charge in [0, 0.05) is 23.1 Å². The number of thiazole rings is 1. The number of aromatic nitrogens is 1. The Kier molecular flexibility index (Phi) is 6.98. The molecule has 0 saturated heterocycles. The molecule has 164 valence electrons. The van der Waals surface area contributed by atoms with Gasteiger partial charge in [0.2, 0.25) is 10.0 Å². The number of hydrogen-bond acceptors (Lipinski definition) is 7. The van der Waals surface area contributed by atoms with Crippen molar-refractivity contribution in [3.8, 4) is 0 Å². The summed E-state index contributed by atoms with van der Waals surface area (Å²) < 4.78 is 23.1. The largest absolute Gasteiger partial charge is 0.476 e. The van der Waals surface area contributed by atoms with Gasteiger partial charge < -0.3 is 10.4 Å². The van der Waals surface area contributed by atoms with E-state index in [0.717, 1.165) is 16.9 Å². The van der Waals surface area contributed by atoms with Crippen LogP contribution in [0.25, 0.3) is 0 Å². The summed E-state index contributed by atoms with van der Waals surface area (Å²) in [6.07, 6.45) is 1.82. The van der Waals surface area contributed by atoms with Gasteiger partial charge >= 0.3 is 5.97 Å². The summed E-state index contributed by atoms with van der Waals surface area (Å²) in [5.41, 5.74) is 2.63. The maximum atomic E-state index is 11.5. The van der Waals surface area contributed by atoms with Gasteiger partial charge in [0.05, 0.1) is 10.6 Å². The molecule has 0 atom stereocenters. The highest BCUT2D eigenvalue weighted by molar-refractivity contribution is 7.89. The van der Waals surface area contributed by atoms with Crippen molar-refractivity contribution in [1.29, 1.82) is 5.41 Å². The maximum Gasteiger partial charge on any atom is 0.355 e. The number of aromatic carboxylic acids is 1. The van der Waals surface area contributed by atoms with Gasteiger partial charge in [-0.25, -0.2) is 23.3 Å². The first-order chi connectivity index (χ1) is 15.2. The third-order valence-electron chi connectivity index (χ3n) is 4.49. The fourth-order valence-corrected chi connectivity index (χ4v) is 4.10. The van der Waals surface area contributed by atoms with Crippen molar-refractivity contribution < 1.29 is 18.3 Å². The van der Waals surface area contributed by atoms with Crippen LogP contribution in [0.2, 0.25) is 0 Å². The van der Waals surface area contributed by atoms with E-state index in [4.69, 9.17) is 15.7 Å². The Morgan fingerprint density at radius 3 is 2.38 bits per heavy atom. The van der Waals surface area contributed by atoms with Crippen molar-refractivity contribution in [3.63, 3.8) is 0 Å². The molecule has 2 aromatic carbocycles. The zero-order chi connectivity index (χ0) is 23.3. The summed E-state index contributed by atoms with van der Waals surface area (Å²) in [6, 6.07) is 15.2. The van der Waals surface area contributed by atoms with E-state index in [1.54, 1.807) is 24.3 Å². The molecule has 0 aliphatic carbocycles. The van der Waals surface area contributed by atoms with Gasteiger partial charge in [-0.1, -0.05) is 49.0 Å². The average Bonchev–Trinajstić information content (AvgIpc) is 3.25. The van der Waals surface area contributed by atoms with Crippen LogP contribution in [0, 0.1) is 5.41 Å². The summed E-state index contributed by atoms with van der Waals surface area (Å²) in [5.74, 6) is -1.13. The fraction of sp³-hybridized carbons (Fsp3) is 0.0455. The number of rotatable bonds is 9. The molecular weight excluding hydrogens is 448 g/mol. The van der Waals surface area contributed by atoms with Gasteiger partial charge in [-0.3, -0.25) is 5.41 Å². The van der Waals surface area contributed by atoms with Crippen LogP contribution in [-0.4, -0.2) is 30.2 Å². The third-order valence-corrected chi connectivity index (χ3v) is 6.18. The SMILES string of the molecule is C=C/C(Nc1nc(C(=O)O)cs1)=C(\Cc1ccc(S(N)(=O)=O)cc1)C(=N)c1ccccc1. The van der Waals surface area contributed by atoms with Crippen LogP contribution < -0.4 is 10.5 Å². The van der Waals surface area contributed by atoms with Gasteiger partial charge in [-0.15, -0.1) is 11.3 Å². The standard InChI is InChI=1S/C22H20N4O4S2/c1-2-18(25-22-26-19(13-31-22)21(27)28)17(20(23)15-6-4-3-5-7-15)12-14-8-10-16(11-9-14)32(24,29)30/h2-11,13,23H,1,12H2,(H,25,26)(H,27,28)(H2,24,29,30)/b18-17-,23-20?. The number of allylic oxidation sites excluding steroid dienone is 2. The number of benzene rings is 2. The van der Waals surface area contributed by atoms with Crippen LogP contribution >= 0.6 is 11.3 Å². The van der Waals surface area contributed by atoms with Gasteiger partial charge in [0.1, 0.15) is 0 Å². The number of anilines is 1. The molecule has 0 bridgehead atoms. The van der Waals surface area contributed by atoms with Crippen LogP contribution in [0.5, 0.6) is 0 Å². The molecule has 8 nitrogen and oxygen atoms in total. The number of nitrogens with one attached hydrogen (secondary N) is 2. The quantitative estimate of drug-likeness (QED) is 0.278. The minimum absolute atomic E-state index is 0.00373. The molecule has 0 amide bonds. The van der Waals surface area contributed by atoms with Crippen molar-refractivity contribution in [2.45, 2.75) is 11.3 Å². The molecule has 0 radical (unpaired) electrons. The minimum Gasteiger partial charge on any atom is -0.476 e. The molecule has 1 aromatic heterocycles. The molecule has 1 heterocycles. The Hall–Kier alpha value is -3.60. The normalized spacial score (nSPS) is 12.0. The van der Waals surface area contributed by atoms with Crippen LogP contribution in [0.15, 0.2) is 88.8 Å². The highest BCUT2D eigenvalue weighted by Gasteiger charge is 2.16. The molecule has 10 heteroatoms. The van der Waals surface area contributed by atoms with E-state index in [2.05, 4.69) is 16.9 Å². The second-order valence-corrected chi connectivity index (χ2v) is 9.09. The number of nitrogens with two attached hydrogens (primary N) is 1. The monoisotopic (exact) mass is 468 g/mol. The number of carboxylic acids is 1. The molecule has 32 heavy (non-hydrogen) atoms. The van der Waals surface area contributed by atoms with E-state index in [-0.39, 0.29) is 22.7 Å². The number of carboxylic acid groups (broad SMARTS) is 1. The van der Waals surface area contributed by atoms with Crippen LogP contribution in [0.3, 0.4) is 0 Å². The average molecular weight is 469 g/mol. The molecule has 0 aliphatic heterocycles. The van der Waals surface area contributed by atoms with Gasteiger partial charge in [0.15, 0.2) is 10.8 Å². The molecule has 0 fully saturated rings. The summed E-state index contributed by atoms with van der Waals surface area (Å²) >= 11 is 1.12. The summed E-state index contributed by atoms with van der Waals surface area (Å²) in [7, 11) is -3.81. The second kappa shape index (κ2) is 9.69. The van der Waals surface area contributed by atoms with Crippen molar-refractivity contribution >= 4 is 38.2 Å². The van der Waals surface area contributed by atoms with Crippen molar-refractivity contribution in [1.82, 2.24) is 4.98 Å². The van der Waals surface area contributed by atoms with Crippen LogP contribution in [-0.2, 0) is 16.4 Å². The number of primary sulfonamides is 1. The highest BCUT2D eigenvalue weighted by atomic mass is 32.2. The molecular formula is C22H20N4O4S2. The first-order valence-electron chi connectivity index (χ1n) is 9.26. The molecule has 3 aromatic rings. The molecule has 3 rings (SSSR count). The van der Waals surface area contributed by atoms with E-state index in [1.807, 2.05) is 18.2 Å². The number of carbonyl (C=O) groups is 1. The number of hydrogen-bond donors (Lipinski definition) is 4. The Morgan fingerprint density at radius 1 is 1.19 bits per heavy atom. The number of sulfonamides is 1. The lowest BCUT2D eigenvalue weighted by Crippen LogP contribution is -2.14. The lowest BCUT2D eigenvalue weighted by molar-refractivity contribution is 0.0691. The second-order valence-electron chi connectivity index (χ2n) is 6.67. The lowest BCUT2D eigenvalue weighted by Gasteiger charge is -2.16. The minimum atomic E-state index is -3.81. The molecule has 0 unspecified atom stereocenters. The predicted octanol–water partition coefficient (Wildman–Crippen LogP) is 3.65. The van der Waals surface area contributed by atoms with E-state index in [0.29, 0.717) is 22.0 Å².